The van der Waals surface area contributed by atoms with Crippen LogP contribution in [0, 0.1) is 0 Å². The highest BCUT2D eigenvalue weighted by molar-refractivity contribution is 7.91. The fraction of sp³-hybridized carbons (Fsp3) is 0.357. The third-order valence-corrected chi connectivity index (χ3v) is 4.37. The van der Waals surface area contributed by atoms with Gasteiger partial charge in [-0.25, -0.2) is 8.42 Å². The SMILES string of the molecule is CC(C)NC(=O)C(=O)NNC(=O)CCS(=O)(=O)c1ccccc1. The molecule has 0 saturated carbocycles. The molecule has 0 saturated heterocycles. The Labute approximate surface area is 134 Å². The number of hydrazine groups is 1. The van der Waals surface area contributed by atoms with Gasteiger partial charge in [0.05, 0.1) is 10.6 Å². The quantitative estimate of drug-likeness (QED) is 0.493. The summed E-state index contributed by atoms with van der Waals surface area (Å²) in [4.78, 5) is 34.3. The minimum Gasteiger partial charge on any atom is -0.346 e. The van der Waals surface area contributed by atoms with E-state index in [2.05, 4.69) is 5.32 Å². The summed E-state index contributed by atoms with van der Waals surface area (Å²) in [7, 11) is -3.58. The summed E-state index contributed by atoms with van der Waals surface area (Å²) in [5.74, 6) is -3.04. The molecular formula is C14H19N3O5S. The smallest absolute Gasteiger partial charge is 0.327 e. The first-order valence-electron chi connectivity index (χ1n) is 6.90. The molecule has 9 heteroatoms. The number of carbonyl (C=O) groups is 3. The fourth-order valence-corrected chi connectivity index (χ4v) is 2.81. The minimum absolute atomic E-state index is 0.119. The van der Waals surface area contributed by atoms with Crippen LogP contribution >= 0.6 is 0 Å². The molecule has 0 spiro atoms. The molecule has 0 heterocycles. The van der Waals surface area contributed by atoms with Gasteiger partial charge in [-0.05, 0) is 26.0 Å². The molecule has 23 heavy (non-hydrogen) atoms. The van der Waals surface area contributed by atoms with E-state index in [1.165, 1.54) is 12.1 Å². The van der Waals surface area contributed by atoms with E-state index in [0.717, 1.165) is 0 Å². The summed E-state index contributed by atoms with van der Waals surface area (Å²) in [6.07, 6.45) is -0.344. The van der Waals surface area contributed by atoms with Crippen LogP contribution in [-0.2, 0) is 24.2 Å². The Kier molecular flexibility index (Phi) is 6.70. The maximum absolute atomic E-state index is 12.0. The van der Waals surface area contributed by atoms with E-state index >= 15 is 0 Å². The molecule has 0 radical (unpaired) electrons. The fourth-order valence-electron chi connectivity index (χ4n) is 1.55. The second-order valence-electron chi connectivity index (χ2n) is 5.01. The van der Waals surface area contributed by atoms with Crippen LogP contribution in [0.5, 0.6) is 0 Å². The number of hydrogen-bond acceptors (Lipinski definition) is 5. The second kappa shape index (κ2) is 8.28. The molecule has 1 rings (SSSR count). The summed E-state index contributed by atoms with van der Waals surface area (Å²) in [6, 6.07) is 7.50. The molecule has 126 valence electrons. The number of nitrogens with one attached hydrogen (secondary N) is 3. The molecule has 1 aromatic carbocycles. The van der Waals surface area contributed by atoms with Crippen molar-refractivity contribution in [1.29, 1.82) is 0 Å². The number of hydrogen-bond donors (Lipinski definition) is 3. The van der Waals surface area contributed by atoms with Gasteiger partial charge in [-0.15, -0.1) is 0 Å². The van der Waals surface area contributed by atoms with Gasteiger partial charge in [0, 0.05) is 12.5 Å². The molecule has 0 aromatic heterocycles. The number of sulfone groups is 1. The zero-order chi connectivity index (χ0) is 17.5. The van der Waals surface area contributed by atoms with Crippen LogP contribution in [0.25, 0.3) is 0 Å². The molecule has 0 fully saturated rings. The first kappa shape index (κ1) is 18.6. The number of carbonyl (C=O) groups excluding carboxylic acids is 3. The molecule has 0 atom stereocenters. The lowest BCUT2D eigenvalue weighted by Gasteiger charge is -2.09. The van der Waals surface area contributed by atoms with Gasteiger partial charge in [-0.2, -0.15) is 0 Å². The standard InChI is InChI=1S/C14H19N3O5S/c1-10(2)15-13(19)14(20)17-16-12(18)8-9-23(21,22)11-6-4-3-5-7-11/h3-7,10H,8-9H2,1-2H3,(H,15,19)(H,16,18)(H,17,20). The van der Waals surface area contributed by atoms with Crippen LogP contribution in [0.15, 0.2) is 35.2 Å². The van der Waals surface area contributed by atoms with Crippen molar-refractivity contribution in [3.8, 4) is 0 Å². The van der Waals surface area contributed by atoms with Gasteiger partial charge in [0.25, 0.3) is 0 Å². The molecule has 8 nitrogen and oxygen atoms in total. The lowest BCUT2D eigenvalue weighted by Crippen LogP contribution is -2.49. The Balaban J connectivity index is 2.43. The van der Waals surface area contributed by atoms with Crippen LogP contribution in [0.2, 0.25) is 0 Å². The van der Waals surface area contributed by atoms with Crippen molar-refractivity contribution in [2.45, 2.75) is 31.2 Å². The molecule has 3 amide bonds. The molecule has 0 bridgehead atoms. The van der Waals surface area contributed by atoms with Gasteiger partial charge >= 0.3 is 11.8 Å². The molecule has 0 unspecified atom stereocenters. The van der Waals surface area contributed by atoms with Crippen molar-refractivity contribution in [1.82, 2.24) is 16.2 Å². The monoisotopic (exact) mass is 341 g/mol. The van der Waals surface area contributed by atoms with Gasteiger partial charge < -0.3 is 5.32 Å². The summed E-state index contributed by atoms with van der Waals surface area (Å²) >= 11 is 0. The molecule has 0 aliphatic carbocycles. The van der Waals surface area contributed by atoms with E-state index in [1.54, 1.807) is 32.0 Å². The van der Waals surface area contributed by atoms with Gasteiger partial charge in [0.1, 0.15) is 0 Å². The third kappa shape index (κ3) is 6.47. The predicted octanol–water partition coefficient (Wildman–Crippen LogP) is -0.478. The van der Waals surface area contributed by atoms with E-state index in [0.29, 0.717) is 0 Å². The zero-order valence-electron chi connectivity index (χ0n) is 12.8. The Morgan fingerprint density at radius 2 is 1.61 bits per heavy atom. The predicted molar refractivity (Wildman–Crippen MR) is 82.7 cm³/mol. The zero-order valence-corrected chi connectivity index (χ0v) is 13.6. The summed E-state index contributed by atoms with van der Waals surface area (Å²) in [5, 5.41) is 2.35. The molecule has 1 aromatic rings. The summed E-state index contributed by atoms with van der Waals surface area (Å²) in [6.45, 7) is 3.36. The molecule has 0 aliphatic rings. The van der Waals surface area contributed by atoms with Crippen LogP contribution < -0.4 is 16.2 Å². The van der Waals surface area contributed by atoms with Gasteiger partial charge in [0.15, 0.2) is 9.84 Å². The third-order valence-electron chi connectivity index (χ3n) is 2.64. The van der Waals surface area contributed by atoms with E-state index in [4.69, 9.17) is 0 Å². The maximum atomic E-state index is 12.0. The Morgan fingerprint density at radius 3 is 2.17 bits per heavy atom. The largest absolute Gasteiger partial charge is 0.346 e. The molecular weight excluding hydrogens is 322 g/mol. The Bertz CT molecular complexity index is 671. The van der Waals surface area contributed by atoms with E-state index in [1.807, 2.05) is 10.9 Å². The van der Waals surface area contributed by atoms with Gasteiger partial charge in [-0.3, -0.25) is 25.2 Å². The highest BCUT2D eigenvalue weighted by Gasteiger charge is 2.18. The van der Waals surface area contributed by atoms with E-state index in [-0.39, 0.29) is 17.4 Å². The lowest BCUT2D eigenvalue weighted by molar-refractivity contribution is -0.141. The number of amides is 3. The van der Waals surface area contributed by atoms with E-state index in [9.17, 15) is 22.8 Å². The highest BCUT2D eigenvalue weighted by atomic mass is 32.2. The molecule has 0 aliphatic heterocycles. The topological polar surface area (TPSA) is 121 Å². The van der Waals surface area contributed by atoms with Gasteiger partial charge in [0.2, 0.25) is 5.91 Å². The second-order valence-corrected chi connectivity index (χ2v) is 7.12. The lowest BCUT2D eigenvalue weighted by atomic mass is 10.4. The first-order chi connectivity index (χ1) is 10.7. The Morgan fingerprint density at radius 1 is 1.00 bits per heavy atom. The normalized spacial score (nSPS) is 10.9. The van der Waals surface area contributed by atoms with Crippen molar-refractivity contribution in [2.75, 3.05) is 5.75 Å². The maximum Gasteiger partial charge on any atom is 0.327 e. The van der Waals surface area contributed by atoms with Crippen LogP contribution in [0.3, 0.4) is 0 Å². The first-order valence-corrected chi connectivity index (χ1v) is 8.55. The summed E-state index contributed by atoms with van der Waals surface area (Å²) in [5.41, 5.74) is 3.92. The average Bonchev–Trinajstić information content (AvgIpc) is 2.50. The van der Waals surface area contributed by atoms with Crippen molar-refractivity contribution in [3.05, 3.63) is 30.3 Å². The number of benzene rings is 1. The minimum atomic E-state index is -3.58. The van der Waals surface area contributed by atoms with Crippen molar-refractivity contribution >= 4 is 27.6 Å². The van der Waals surface area contributed by atoms with Crippen molar-refractivity contribution in [2.24, 2.45) is 0 Å². The van der Waals surface area contributed by atoms with Crippen LogP contribution in [0.1, 0.15) is 20.3 Å². The number of rotatable bonds is 5. The highest BCUT2D eigenvalue weighted by Crippen LogP contribution is 2.10. The van der Waals surface area contributed by atoms with Gasteiger partial charge in [-0.1, -0.05) is 18.2 Å². The van der Waals surface area contributed by atoms with Crippen molar-refractivity contribution < 1.29 is 22.8 Å². The van der Waals surface area contributed by atoms with E-state index < -0.39 is 33.3 Å². The van der Waals surface area contributed by atoms with Crippen LogP contribution in [0.4, 0.5) is 0 Å². The average molecular weight is 341 g/mol. The molecule has 3 N–H and O–H groups in total. The summed E-state index contributed by atoms with van der Waals surface area (Å²) < 4.78 is 23.9. The van der Waals surface area contributed by atoms with Crippen LogP contribution in [-0.4, -0.2) is 37.9 Å². The Hall–Kier alpha value is -2.42. The van der Waals surface area contributed by atoms with Crippen molar-refractivity contribution in [3.63, 3.8) is 0 Å².